The van der Waals surface area contributed by atoms with Crippen LogP contribution < -0.4 is 26.1 Å². The topological polar surface area (TPSA) is 220 Å². The summed E-state index contributed by atoms with van der Waals surface area (Å²) < 4.78 is 26.3. The van der Waals surface area contributed by atoms with Crippen LogP contribution in [-0.4, -0.2) is 186 Å². The number of primary amides is 1. The van der Waals surface area contributed by atoms with Crippen molar-refractivity contribution in [1.29, 1.82) is 0 Å². The summed E-state index contributed by atoms with van der Waals surface area (Å²) in [7, 11) is 1.56. The minimum Gasteiger partial charge on any atom is -0.493 e. The molecule has 83 heavy (non-hydrogen) atoms. The lowest BCUT2D eigenvalue weighted by Gasteiger charge is -2.42. The van der Waals surface area contributed by atoms with Crippen LogP contribution >= 0.6 is 0 Å². The van der Waals surface area contributed by atoms with Crippen molar-refractivity contribution in [2.24, 2.45) is 17.6 Å². The van der Waals surface area contributed by atoms with Gasteiger partial charge in [-0.3, -0.25) is 38.6 Å². The first-order chi connectivity index (χ1) is 40.3. The molecule has 5 aromatic rings. The number of hydrogen-bond acceptors (Lipinski definition) is 13. The van der Waals surface area contributed by atoms with Gasteiger partial charge in [0, 0.05) is 120 Å². The Kier molecular flexibility index (Phi) is 19.4. The molecule has 0 bridgehead atoms. The summed E-state index contributed by atoms with van der Waals surface area (Å²) in [5, 5.41) is 11.3. The van der Waals surface area contributed by atoms with Gasteiger partial charge in [0.05, 0.1) is 49.4 Å². The van der Waals surface area contributed by atoms with Gasteiger partial charge in [0.2, 0.25) is 29.5 Å². The molecule has 4 aliphatic heterocycles. The maximum atomic E-state index is 15.3. The van der Waals surface area contributed by atoms with Gasteiger partial charge < -0.3 is 40.1 Å². The van der Waals surface area contributed by atoms with Crippen LogP contribution in [0.15, 0.2) is 77.7 Å². The van der Waals surface area contributed by atoms with Crippen molar-refractivity contribution in [2.75, 3.05) is 112 Å². The summed E-state index contributed by atoms with van der Waals surface area (Å²) in [6, 6.07) is 19.1. The van der Waals surface area contributed by atoms with Crippen LogP contribution in [0.5, 0.6) is 11.6 Å². The third-order valence-electron chi connectivity index (χ3n) is 17.9. The Bertz CT molecular complexity index is 3180. The van der Waals surface area contributed by atoms with Crippen molar-refractivity contribution >= 4 is 40.3 Å². The van der Waals surface area contributed by atoms with E-state index >= 15 is 9.18 Å². The first-order valence-corrected chi connectivity index (χ1v) is 30.0. The minimum absolute atomic E-state index is 0.0204. The SMILES string of the molecule is CCOc1cc(OC)ncc1CNCC(=O)N1CCC[C@H](c2cccc(C(N)=O)c2[C@H](C(=O)N2CCN(CC3CCN(CC(=O)N4CCN(C(=O)c5cc(Cc6n[nH]c(=O)c7ccccc67)ccc5F)CC4)CC3)CC2)C2CCCCC2)C1. The van der Waals surface area contributed by atoms with Gasteiger partial charge >= 0.3 is 0 Å². The number of likely N-dealkylation sites (tertiary alicyclic amines) is 2. The van der Waals surface area contributed by atoms with E-state index in [1.807, 2.05) is 34.9 Å². The number of piperidine rings is 2. The van der Waals surface area contributed by atoms with E-state index in [1.54, 1.807) is 59.5 Å². The number of aromatic amines is 1. The average molecular weight is 1140 g/mol. The number of nitrogens with one attached hydrogen (secondary N) is 2. The molecule has 2 atom stereocenters. The van der Waals surface area contributed by atoms with E-state index in [0.717, 1.165) is 107 Å². The number of H-pyrrole nitrogens is 1. The van der Waals surface area contributed by atoms with Gasteiger partial charge in [0.25, 0.3) is 11.5 Å². The number of ether oxygens (including phenoxy) is 2. The van der Waals surface area contributed by atoms with Crippen molar-refractivity contribution in [3.05, 3.63) is 128 Å². The molecule has 4 N–H and O–H groups in total. The first kappa shape index (κ1) is 58.9. The summed E-state index contributed by atoms with van der Waals surface area (Å²) in [6.45, 7) is 10.9. The quantitative estimate of drug-likeness (QED) is 0.0925. The van der Waals surface area contributed by atoms with Crippen LogP contribution in [-0.2, 0) is 27.3 Å². The van der Waals surface area contributed by atoms with Gasteiger partial charge in [-0.15, -0.1) is 0 Å². The normalized spacial score (nSPS) is 19.2. The van der Waals surface area contributed by atoms with Gasteiger partial charge in [0.1, 0.15) is 11.6 Å². The molecule has 442 valence electrons. The third-order valence-corrected chi connectivity index (χ3v) is 17.9. The van der Waals surface area contributed by atoms with Crippen LogP contribution in [0.25, 0.3) is 10.8 Å². The molecule has 5 aliphatic rings. The van der Waals surface area contributed by atoms with E-state index in [2.05, 4.69) is 36.4 Å². The van der Waals surface area contributed by atoms with Crippen LogP contribution in [0.2, 0.25) is 0 Å². The van der Waals surface area contributed by atoms with E-state index in [1.165, 1.54) is 6.07 Å². The average Bonchev–Trinajstić information content (AvgIpc) is 3.62. The molecule has 4 saturated heterocycles. The fraction of sp³-hybridized carbons (Fsp3) is 0.524. The number of benzene rings is 3. The summed E-state index contributed by atoms with van der Waals surface area (Å²) in [5.41, 5.74) is 10.1. The smallest absolute Gasteiger partial charge is 0.272 e. The second kappa shape index (κ2) is 27.4. The van der Waals surface area contributed by atoms with Gasteiger partial charge in [-0.05, 0) is 111 Å². The number of fused-ring (bicyclic) bond motifs is 1. The zero-order valence-corrected chi connectivity index (χ0v) is 48.1. The Morgan fingerprint density at radius 2 is 1.49 bits per heavy atom. The summed E-state index contributed by atoms with van der Waals surface area (Å²) >= 11 is 0. The minimum atomic E-state index is -0.613. The van der Waals surface area contributed by atoms with E-state index < -0.39 is 23.5 Å². The number of halogens is 1. The van der Waals surface area contributed by atoms with Gasteiger partial charge in [-0.2, -0.15) is 5.10 Å². The zero-order valence-electron chi connectivity index (χ0n) is 48.1. The number of aromatic nitrogens is 3. The standard InChI is InChI=1S/C63H80FN11O8/c1-3-83-54-35-55(82-2)67-37-46(54)36-66-38-56(76)75-22-10-13-45(40-75)47-16-9-17-50(60(65)78)59(47)58(44-11-5-4-6-12-44)63(81)74-27-25-71(26-28-74)39-42-20-23-70(24-21-42)41-57(77)72-29-31-73(32-30-72)62(80)51-33-43(18-19-52(51)64)34-53-48-14-7-8-15-49(48)61(79)69-68-53/h7-9,14-19,33,35,37,42,44-45,58,66H,3-6,10-13,20-32,34,36,38-41H2,1-2H3,(H2,65,78)(H,69,79)/t45-,58+/m0/s1. The number of rotatable bonds is 19. The molecule has 5 fully saturated rings. The van der Waals surface area contributed by atoms with E-state index in [-0.39, 0.29) is 47.2 Å². The predicted molar refractivity (Wildman–Crippen MR) is 313 cm³/mol. The number of nitrogens with two attached hydrogens (primary N) is 1. The number of hydrogen-bond donors (Lipinski definition) is 3. The maximum Gasteiger partial charge on any atom is 0.272 e. The predicted octanol–water partition coefficient (Wildman–Crippen LogP) is 5.55. The number of piperazine rings is 2. The fourth-order valence-electron chi connectivity index (χ4n) is 13.4. The molecule has 0 radical (unpaired) electrons. The highest BCUT2D eigenvalue weighted by atomic mass is 19.1. The Morgan fingerprint density at radius 3 is 2.23 bits per heavy atom. The van der Waals surface area contributed by atoms with Gasteiger partial charge in [-0.1, -0.05) is 55.7 Å². The molecule has 19 nitrogen and oxygen atoms in total. The van der Waals surface area contributed by atoms with Gasteiger partial charge in [0.15, 0.2) is 0 Å². The lowest BCUT2D eigenvalue weighted by atomic mass is 9.71. The molecule has 6 heterocycles. The summed E-state index contributed by atoms with van der Waals surface area (Å²) in [6.07, 6.45) is 10.5. The first-order valence-electron chi connectivity index (χ1n) is 30.0. The van der Waals surface area contributed by atoms with E-state index in [4.69, 9.17) is 15.2 Å². The monoisotopic (exact) mass is 1140 g/mol. The lowest BCUT2D eigenvalue weighted by Crippen LogP contribution is -2.54. The molecule has 10 rings (SSSR count). The molecule has 1 aliphatic carbocycles. The summed E-state index contributed by atoms with van der Waals surface area (Å²) in [4.78, 5) is 98.5. The van der Waals surface area contributed by atoms with Gasteiger partial charge in [-0.25, -0.2) is 14.5 Å². The molecule has 0 unspecified atom stereocenters. The van der Waals surface area contributed by atoms with Crippen LogP contribution in [0.1, 0.15) is 125 Å². The van der Waals surface area contributed by atoms with E-state index in [0.29, 0.717) is 124 Å². The molecule has 2 aromatic heterocycles. The Hall–Kier alpha value is -7.29. The molecule has 3 aromatic carbocycles. The third kappa shape index (κ3) is 14.0. The van der Waals surface area contributed by atoms with Crippen molar-refractivity contribution < 1.29 is 37.8 Å². The van der Waals surface area contributed by atoms with Crippen LogP contribution in [0, 0.1) is 17.7 Å². The molecule has 1 saturated carbocycles. The van der Waals surface area contributed by atoms with Crippen molar-refractivity contribution in [1.82, 2.24) is 49.9 Å². The van der Waals surface area contributed by atoms with Crippen LogP contribution in [0.3, 0.4) is 0 Å². The molecule has 0 spiro atoms. The number of carbonyl (C=O) groups is 5. The Labute approximate surface area is 485 Å². The zero-order chi connectivity index (χ0) is 58.0. The van der Waals surface area contributed by atoms with Crippen LogP contribution in [0.4, 0.5) is 4.39 Å². The van der Waals surface area contributed by atoms with Crippen molar-refractivity contribution in [2.45, 2.75) is 89.5 Å². The highest BCUT2D eigenvalue weighted by molar-refractivity contribution is 5.98. The Balaban J connectivity index is 0.699. The number of pyridine rings is 1. The van der Waals surface area contributed by atoms with E-state index in [9.17, 15) is 24.0 Å². The summed E-state index contributed by atoms with van der Waals surface area (Å²) in [5.74, 6) is -0.451. The number of carbonyl (C=O) groups excluding carboxylic acids is 5. The van der Waals surface area contributed by atoms with Crippen molar-refractivity contribution in [3.63, 3.8) is 0 Å². The highest BCUT2D eigenvalue weighted by Crippen LogP contribution is 2.43. The molecular formula is C63H80FN11O8. The second-order valence-corrected chi connectivity index (χ2v) is 23.2. The highest BCUT2D eigenvalue weighted by Gasteiger charge is 2.41. The second-order valence-electron chi connectivity index (χ2n) is 23.2. The lowest BCUT2D eigenvalue weighted by molar-refractivity contribution is -0.137. The largest absolute Gasteiger partial charge is 0.493 e. The Morgan fingerprint density at radius 1 is 0.759 bits per heavy atom. The molecule has 5 amide bonds. The molecular weight excluding hydrogens is 1060 g/mol. The molecule has 20 heteroatoms. The van der Waals surface area contributed by atoms with Crippen molar-refractivity contribution in [3.8, 4) is 11.6 Å². The fourth-order valence-corrected chi connectivity index (χ4v) is 13.4. The number of nitrogens with zero attached hydrogens (tertiary/aromatic N) is 8. The number of methoxy groups -OCH3 is 1. The maximum absolute atomic E-state index is 15.3. The number of amides is 5.